The molecule has 0 spiro atoms. The van der Waals surface area contributed by atoms with Gasteiger partial charge in [-0.15, -0.1) is 0 Å². The average Bonchev–Trinajstić information content (AvgIpc) is 3.08. The van der Waals surface area contributed by atoms with E-state index in [-0.39, 0.29) is 5.91 Å². The van der Waals surface area contributed by atoms with Crippen LogP contribution >= 0.6 is 0 Å². The van der Waals surface area contributed by atoms with Crippen molar-refractivity contribution in [3.63, 3.8) is 0 Å². The van der Waals surface area contributed by atoms with Gasteiger partial charge in [-0.2, -0.15) is 0 Å². The second-order valence-corrected chi connectivity index (χ2v) is 5.86. The highest BCUT2D eigenvalue weighted by molar-refractivity contribution is 5.94. The molecule has 1 aliphatic carbocycles. The summed E-state index contributed by atoms with van der Waals surface area (Å²) in [4.78, 5) is 16.5. The Balaban J connectivity index is 1.67. The van der Waals surface area contributed by atoms with Crippen molar-refractivity contribution in [2.24, 2.45) is 4.99 Å². The van der Waals surface area contributed by atoms with Crippen LogP contribution in [0.4, 0.5) is 0 Å². The maximum absolute atomic E-state index is 11.9. The molecule has 1 saturated carbocycles. The predicted molar refractivity (Wildman–Crippen MR) is 94.8 cm³/mol. The van der Waals surface area contributed by atoms with Gasteiger partial charge in [-0.3, -0.25) is 9.79 Å². The zero-order valence-corrected chi connectivity index (χ0v) is 14.0. The molecule has 0 radical (unpaired) electrons. The summed E-state index contributed by atoms with van der Waals surface area (Å²) in [5, 5.41) is 9.71. The Morgan fingerprint density at radius 3 is 2.61 bits per heavy atom. The summed E-state index contributed by atoms with van der Waals surface area (Å²) in [5.41, 5.74) is 0.701. The van der Waals surface area contributed by atoms with Crippen LogP contribution < -0.4 is 16.0 Å². The highest BCUT2D eigenvalue weighted by Crippen LogP contribution is 2.17. The van der Waals surface area contributed by atoms with E-state index in [1.165, 1.54) is 25.7 Å². The molecule has 0 aromatic heterocycles. The zero-order valence-electron chi connectivity index (χ0n) is 14.0. The van der Waals surface area contributed by atoms with Gasteiger partial charge < -0.3 is 16.0 Å². The molecule has 0 aliphatic heterocycles. The van der Waals surface area contributed by atoms with Crippen molar-refractivity contribution in [1.82, 2.24) is 16.0 Å². The Kier molecular flexibility index (Phi) is 7.43. The summed E-state index contributed by atoms with van der Waals surface area (Å²) in [6.07, 6.45) is 5.92. The molecule has 5 nitrogen and oxygen atoms in total. The lowest BCUT2D eigenvalue weighted by atomic mass is 10.2. The van der Waals surface area contributed by atoms with Gasteiger partial charge in [0.2, 0.25) is 0 Å². The first kappa shape index (κ1) is 17.3. The van der Waals surface area contributed by atoms with E-state index in [0.717, 1.165) is 18.9 Å². The van der Waals surface area contributed by atoms with Crippen molar-refractivity contribution >= 4 is 11.9 Å². The molecule has 0 bridgehead atoms. The van der Waals surface area contributed by atoms with E-state index in [0.29, 0.717) is 24.7 Å². The SMILES string of the molecule is CCNC(=NCCCNC(=O)c1ccccc1)NC1CCCC1. The lowest BCUT2D eigenvalue weighted by Crippen LogP contribution is -2.42. The maximum atomic E-state index is 11.9. The van der Waals surface area contributed by atoms with Crippen LogP contribution in [0.25, 0.3) is 0 Å². The van der Waals surface area contributed by atoms with Crippen LogP contribution in [-0.2, 0) is 0 Å². The van der Waals surface area contributed by atoms with Crippen molar-refractivity contribution in [3.8, 4) is 0 Å². The Morgan fingerprint density at radius 1 is 1.17 bits per heavy atom. The summed E-state index contributed by atoms with van der Waals surface area (Å²) in [6, 6.07) is 9.86. The molecule has 0 atom stereocenters. The lowest BCUT2D eigenvalue weighted by Gasteiger charge is -2.16. The summed E-state index contributed by atoms with van der Waals surface area (Å²) in [7, 11) is 0. The molecule has 5 heteroatoms. The van der Waals surface area contributed by atoms with E-state index in [1.807, 2.05) is 30.3 Å². The van der Waals surface area contributed by atoms with Crippen LogP contribution in [0.15, 0.2) is 35.3 Å². The minimum absolute atomic E-state index is 0.0226. The van der Waals surface area contributed by atoms with Crippen LogP contribution in [0.3, 0.4) is 0 Å². The number of carbonyl (C=O) groups excluding carboxylic acids is 1. The fraction of sp³-hybridized carbons (Fsp3) is 0.556. The van der Waals surface area contributed by atoms with Crippen molar-refractivity contribution in [3.05, 3.63) is 35.9 Å². The number of carbonyl (C=O) groups is 1. The first-order valence-corrected chi connectivity index (χ1v) is 8.67. The van der Waals surface area contributed by atoms with E-state index in [9.17, 15) is 4.79 Å². The number of nitrogens with one attached hydrogen (secondary N) is 3. The van der Waals surface area contributed by atoms with Gasteiger partial charge in [-0.1, -0.05) is 31.0 Å². The van der Waals surface area contributed by atoms with Crippen LogP contribution in [-0.4, -0.2) is 37.5 Å². The standard InChI is InChI=1S/C18H28N4O/c1-2-19-18(22-16-11-6-7-12-16)21-14-8-13-20-17(23)15-9-4-3-5-10-15/h3-5,9-10,16H,2,6-8,11-14H2,1H3,(H,20,23)(H2,19,21,22). The van der Waals surface area contributed by atoms with Gasteiger partial charge >= 0.3 is 0 Å². The molecule has 23 heavy (non-hydrogen) atoms. The monoisotopic (exact) mass is 316 g/mol. The number of guanidine groups is 1. The second-order valence-electron chi connectivity index (χ2n) is 5.86. The van der Waals surface area contributed by atoms with Crippen LogP contribution in [0, 0.1) is 0 Å². The molecular weight excluding hydrogens is 288 g/mol. The number of benzene rings is 1. The summed E-state index contributed by atoms with van der Waals surface area (Å²) in [6.45, 7) is 4.28. The van der Waals surface area contributed by atoms with Gasteiger partial charge in [0.1, 0.15) is 0 Å². The third-order valence-electron chi connectivity index (χ3n) is 3.97. The lowest BCUT2D eigenvalue weighted by molar-refractivity contribution is 0.0953. The van der Waals surface area contributed by atoms with Crippen molar-refractivity contribution in [2.45, 2.75) is 45.1 Å². The number of amides is 1. The highest BCUT2D eigenvalue weighted by atomic mass is 16.1. The van der Waals surface area contributed by atoms with Crippen molar-refractivity contribution in [2.75, 3.05) is 19.6 Å². The Morgan fingerprint density at radius 2 is 1.91 bits per heavy atom. The van der Waals surface area contributed by atoms with E-state index >= 15 is 0 Å². The van der Waals surface area contributed by atoms with Gasteiger partial charge in [0.15, 0.2) is 5.96 Å². The summed E-state index contributed by atoms with van der Waals surface area (Å²) < 4.78 is 0. The molecular formula is C18H28N4O. The maximum Gasteiger partial charge on any atom is 0.251 e. The fourth-order valence-corrected chi connectivity index (χ4v) is 2.75. The third kappa shape index (κ3) is 6.30. The van der Waals surface area contributed by atoms with Gasteiger partial charge in [-0.05, 0) is 38.3 Å². The zero-order chi connectivity index (χ0) is 16.3. The van der Waals surface area contributed by atoms with Crippen LogP contribution in [0.2, 0.25) is 0 Å². The topological polar surface area (TPSA) is 65.5 Å². The van der Waals surface area contributed by atoms with Gasteiger partial charge in [0.05, 0.1) is 0 Å². The molecule has 1 aromatic rings. The molecule has 126 valence electrons. The first-order chi connectivity index (χ1) is 11.3. The van der Waals surface area contributed by atoms with E-state index in [2.05, 4.69) is 27.9 Å². The molecule has 3 N–H and O–H groups in total. The molecule has 1 aromatic carbocycles. The minimum Gasteiger partial charge on any atom is -0.357 e. The molecule has 0 unspecified atom stereocenters. The normalized spacial score (nSPS) is 15.4. The quantitative estimate of drug-likeness (QED) is 0.411. The number of aliphatic imine (C=N–C) groups is 1. The molecule has 0 heterocycles. The molecule has 1 amide bonds. The third-order valence-corrected chi connectivity index (χ3v) is 3.97. The molecule has 2 rings (SSSR count). The van der Waals surface area contributed by atoms with Gasteiger partial charge in [0, 0.05) is 31.2 Å². The number of hydrogen-bond acceptors (Lipinski definition) is 2. The molecule has 1 fully saturated rings. The first-order valence-electron chi connectivity index (χ1n) is 8.67. The Labute approximate surface area is 139 Å². The predicted octanol–water partition coefficient (Wildman–Crippen LogP) is 2.30. The number of hydrogen-bond donors (Lipinski definition) is 3. The summed E-state index contributed by atoms with van der Waals surface area (Å²) >= 11 is 0. The van der Waals surface area contributed by atoms with Crippen LogP contribution in [0.1, 0.15) is 49.4 Å². The van der Waals surface area contributed by atoms with Crippen molar-refractivity contribution < 1.29 is 4.79 Å². The van der Waals surface area contributed by atoms with E-state index < -0.39 is 0 Å². The van der Waals surface area contributed by atoms with Gasteiger partial charge in [-0.25, -0.2) is 0 Å². The number of rotatable bonds is 7. The van der Waals surface area contributed by atoms with Gasteiger partial charge in [0.25, 0.3) is 5.91 Å². The Hall–Kier alpha value is -2.04. The highest BCUT2D eigenvalue weighted by Gasteiger charge is 2.15. The minimum atomic E-state index is -0.0226. The fourth-order valence-electron chi connectivity index (χ4n) is 2.75. The van der Waals surface area contributed by atoms with Crippen molar-refractivity contribution in [1.29, 1.82) is 0 Å². The van der Waals surface area contributed by atoms with E-state index in [4.69, 9.17) is 0 Å². The molecule has 1 aliphatic rings. The largest absolute Gasteiger partial charge is 0.357 e. The van der Waals surface area contributed by atoms with E-state index in [1.54, 1.807) is 0 Å². The average molecular weight is 316 g/mol. The Bertz CT molecular complexity index is 495. The summed E-state index contributed by atoms with van der Waals surface area (Å²) in [5.74, 6) is 0.874. The second kappa shape index (κ2) is 9.87. The number of nitrogens with zero attached hydrogens (tertiary/aromatic N) is 1. The smallest absolute Gasteiger partial charge is 0.251 e. The molecule has 0 saturated heterocycles. The van der Waals surface area contributed by atoms with Crippen LogP contribution in [0.5, 0.6) is 0 Å².